The Hall–Kier alpha value is -0.260. The van der Waals surface area contributed by atoms with Crippen molar-refractivity contribution in [1.82, 2.24) is 0 Å². The molecule has 0 spiro atoms. The van der Waals surface area contributed by atoms with E-state index in [-0.39, 0.29) is 0 Å². The highest BCUT2D eigenvalue weighted by atomic mass is 14.7. The zero-order valence-corrected chi connectivity index (χ0v) is 17.6. The molecule has 4 bridgehead atoms. The van der Waals surface area contributed by atoms with Crippen molar-refractivity contribution in [3.63, 3.8) is 0 Å². The third-order valence-electron chi connectivity index (χ3n) is 10.4. The Morgan fingerprint density at radius 3 is 1.79 bits per heavy atom. The van der Waals surface area contributed by atoms with Gasteiger partial charge in [0.2, 0.25) is 0 Å². The average Bonchev–Trinajstić information content (AvgIpc) is 3.07. The van der Waals surface area contributed by atoms with Crippen molar-refractivity contribution in [3.05, 3.63) is 12.2 Å². The maximum Gasteiger partial charge on any atom is -0.00393 e. The van der Waals surface area contributed by atoms with Crippen LogP contribution in [0.25, 0.3) is 0 Å². The Morgan fingerprint density at radius 1 is 0.917 bits per heavy atom. The van der Waals surface area contributed by atoms with Crippen LogP contribution >= 0.6 is 0 Å². The molecule has 4 rings (SSSR count). The van der Waals surface area contributed by atoms with Gasteiger partial charge in [0.1, 0.15) is 0 Å². The molecule has 5 unspecified atom stereocenters. The summed E-state index contributed by atoms with van der Waals surface area (Å²) in [5.74, 6) is 2.95. The third kappa shape index (κ3) is 2.04. The van der Waals surface area contributed by atoms with Crippen LogP contribution in [0.1, 0.15) is 99.8 Å². The smallest absolute Gasteiger partial charge is 0.00393 e. The van der Waals surface area contributed by atoms with Crippen LogP contribution in [0.2, 0.25) is 0 Å². The predicted molar refractivity (Wildman–Crippen MR) is 106 cm³/mol. The van der Waals surface area contributed by atoms with Gasteiger partial charge in [0, 0.05) is 0 Å². The minimum absolute atomic E-state index is 0.512. The second-order valence-corrected chi connectivity index (χ2v) is 10.8. The van der Waals surface area contributed by atoms with Gasteiger partial charge >= 0.3 is 0 Å². The van der Waals surface area contributed by atoms with E-state index < -0.39 is 0 Å². The van der Waals surface area contributed by atoms with E-state index in [1.54, 1.807) is 5.57 Å². The molecule has 0 aromatic rings. The van der Waals surface area contributed by atoms with Crippen molar-refractivity contribution in [2.24, 2.45) is 39.4 Å². The summed E-state index contributed by atoms with van der Waals surface area (Å²) in [6, 6.07) is 0. The number of fused-ring (bicyclic) bond motifs is 4. The van der Waals surface area contributed by atoms with E-state index in [0.717, 1.165) is 17.8 Å². The molecule has 0 amide bonds. The fourth-order valence-electron chi connectivity index (χ4n) is 8.31. The second kappa shape index (κ2) is 5.62. The monoisotopic (exact) mass is 330 g/mol. The molecule has 0 nitrogen and oxygen atoms in total. The molecule has 5 atom stereocenters. The second-order valence-electron chi connectivity index (χ2n) is 10.8. The van der Waals surface area contributed by atoms with Gasteiger partial charge in [-0.1, -0.05) is 60.6 Å². The summed E-state index contributed by atoms with van der Waals surface area (Å²) in [5.41, 5.74) is 3.95. The van der Waals surface area contributed by atoms with Gasteiger partial charge in [-0.05, 0) is 90.8 Å². The summed E-state index contributed by atoms with van der Waals surface area (Å²) in [5, 5.41) is 0. The summed E-state index contributed by atoms with van der Waals surface area (Å²) in [7, 11) is 0. The maximum absolute atomic E-state index is 4.28. The third-order valence-corrected chi connectivity index (χ3v) is 10.4. The molecule has 0 saturated heterocycles. The van der Waals surface area contributed by atoms with Gasteiger partial charge in [-0.3, -0.25) is 0 Å². The molecule has 0 aliphatic heterocycles. The number of hydrogen-bond donors (Lipinski definition) is 0. The van der Waals surface area contributed by atoms with Crippen molar-refractivity contribution in [2.45, 2.75) is 99.8 Å². The van der Waals surface area contributed by atoms with Crippen molar-refractivity contribution in [3.8, 4) is 0 Å². The van der Waals surface area contributed by atoms with Gasteiger partial charge in [-0.25, -0.2) is 0 Å². The van der Waals surface area contributed by atoms with Crippen LogP contribution in [-0.4, -0.2) is 0 Å². The maximum atomic E-state index is 4.28. The molecule has 0 heteroatoms. The molecular formula is C24H42. The molecule has 4 aliphatic rings. The zero-order valence-electron chi connectivity index (χ0n) is 17.6. The highest BCUT2D eigenvalue weighted by Gasteiger charge is 2.61. The summed E-state index contributed by atoms with van der Waals surface area (Å²) < 4.78 is 0. The Labute approximate surface area is 151 Å². The molecule has 0 N–H and O–H groups in total. The fourth-order valence-corrected chi connectivity index (χ4v) is 8.31. The van der Waals surface area contributed by atoms with Crippen LogP contribution in [0.5, 0.6) is 0 Å². The SMILES string of the molecule is C=C1CC2CCC1(CC)C2(C)C.CCC12CCC(CC1C)C2(C)C. The van der Waals surface area contributed by atoms with Gasteiger partial charge in [0.15, 0.2) is 0 Å². The lowest BCUT2D eigenvalue weighted by atomic mass is 9.64. The lowest BCUT2D eigenvalue weighted by Gasteiger charge is -2.41. The fraction of sp³-hybridized carbons (Fsp3) is 0.917. The Morgan fingerprint density at radius 2 is 1.54 bits per heavy atom. The van der Waals surface area contributed by atoms with Crippen molar-refractivity contribution >= 4 is 0 Å². The highest BCUT2D eigenvalue weighted by Crippen LogP contribution is 2.70. The molecule has 24 heavy (non-hydrogen) atoms. The normalized spacial score (nSPS) is 47.0. The van der Waals surface area contributed by atoms with Gasteiger partial charge in [0.25, 0.3) is 0 Å². The Balaban J connectivity index is 0.000000141. The summed E-state index contributed by atoms with van der Waals surface area (Å²) in [4.78, 5) is 0. The molecule has 0 aromatic heterocycles. The molecular weight excluding hydrogens is 288 g/mol. The summed E-state index contributed by atoms with van der Waals surface area (Å²) in [6.07, 6.45) is 11.4. The zero-order chi connectivity index (χ0) is 18.0. The first-order valence-corrected chi connectivity index (χ1v) is 10.8. The van der Waals surface area contributed by atoms with Crippen LogP contribution in [0, 0.1) is 39.4 Å². The van der Waals surface area contributed by atoms with Crippen molar-refractivity contribution in [1.29, 1.82) is 0 Å². The van der Waals surface area contributed by atoms with Crippen molar-refractivity contribution in [2.75, 3.05) is 0 Å². The van der Waals surface area contributed by atoms with E-state index in [0.29, 0.717) is 21.7 Å². The van der Waals surface area contributed by atoms with E-state index >= 15 is 0 Å². The average molecular weight is 331 g/mol. The molecule has 4 aliphatic carbocycles. The van der Waals surface area contributed by atoms with Gasteiger partial charge in [-0.15, -0.1) is 0 Å². The molecule has 0 aromatic carbocycles. The number of rotatable bonds is 2. The Kier molecular flexibility index (Phi) is 4.34. The van der Waals surface area contributed by atoms with E-state index in [4.69, 9.17) is 0 Å². The first-order valence-electron chi connectivity index (χ1n) is 10.8. The minimum Gasteiger partial charge on any atom is -0.0993 e. The molecule has 0 radical (unpaired) electrons. The quantitative estimate of drug-likeness (QED) is 0.456. The largest absolute Gasteiger partial charge is 0.0993 e. The first-order chi connectivity index (χ1) is 11.1. The van der Waals surface area contributed by atoms with Gasteiger partial charge in [0.05, 0.1) is 0 Å². The van der Waals surface area contributed by atoms with Crippen molar-refractivity contribution < 1.29 is 0 Å². The van der Waals surface area contributed by atoms with Crippen LogP contribution in [0.15, 0.2) is 12.2 Å². The summed E-state index contributed by atoms with van der Waals surface area (Å²) in [6.45, 7) is 21.4. The highest BCUT2D eigenvalue weighted by molar-refractivity contribution is 5.27. The summed E-state index contributed by atoms with van der Waals surface area (Å²) >= 11 is 0. The van der Waals surface area contributed by atoms with E-state index in [2.05, 4.69) is 55.0 Å². The van der Waals surface area contributed by atoms with E-state index in [1.807, 2.05) is 0 Å². The predicted octanol–water partition coefficient (Wildman–Crippen LogP) is 7.64. The van der Waals surface area contributed by atoms with Crippen LogP contribution in [0.3, 0.4) is 0 Å². The standard InChI is InChI=1S/C12H22.C12H20/c2*1-5-12-7-6-10(8-9(12)2)11(12,3)4/h9-10H,5-8H2,1-4H3;10H,2,5-8H2,1,3-4H3. The Bertz CT molecular complexity index is 510. The molecule has 4 fully saturated rings. The number of allylic oxidation sites excluding steroid dienone is 1. The number of hydrogen-bond acceptors (Lipinski definition) is 0. The van der Waals surface area contributed by atoms with Gasteiger partial charge in [-0.2, -0.15) is 0 Å². The molecule has 4 saturated carbocycles. The lowest BCUT2D eigenvalue weighted by Crippen LogP contribution is -2.33. The lowest BCUT2D eigenvalue weighted by molar-refractivity contribution is 0.0819. The molecule has 138 valence electrons. The minimum atomic E-state index is 0.512. The van der Waals surface area contributed by atoms with Crippen LogP contribution < -0.4 is 0 Å². The van der Waals surface area contributed by atoms with E-state index in [1.165, 1.54) is 51.4 Å². The van der Waals surface area contributed by atoms with E-state index in [9.17, 15) is 0 Å². The first kappa shape index (κ1) is 18.5. The molecule has 0 heterocycles. The van der Waals surface area contributed by atoms with Crippen LogP contribution in [0.4, 0.5) is 0 Å². The van der Waals surface area contributed by atoms with Gasteiger partial charge < -0.3 is 0 Å². The van der Waals surface area contributed by atoms with Crippen LogP contribution in [-0.2, 0) is 0 Å². The topological polar surface area (TPSA) is 0 Å².